The standard InChI is InChI=1S/C18H24N4O3/c1-13(12-22-7-3-6-20-22)19-11-18(23)21-14(2)15-4-5-16-17(10-15)25-9-8-24-16/h3-7,10,13-14,19H,8-9,11-12H2,1-2H3,(H,21,23). The van der Waals surface area contributed by atoms with Gasteiger partial charge < -0.3 is 20.1 Å². The minimum Gasteiger partial charge on any atom is -0.486 e. The van der Waals surface area contributed by atoms with Crippen LogP contribution in [0.5, 0.6) is 11.5 Å². The molecule has 1 aromatic carbocycles. The van der Waals surface area contributed by atoms with Gasteiger partial charge in [0.15, 0.2) is 11.5 Å². The predicted octanol–water partition coefficient (Wildman–Crippen LogP) is 1.51. The monoisotopic (exact) mass is 344 g/mol. The van der Waals surface area contributed by atoms with Crippen LogP contribution in [0.2, 0.25) is 0 Å². The van der Waals surface area contributed by atoms with Crippen LogP contribution >= 0.6 is 0 Å². The second-order valence-electron chi connectivity index (χ2n) is 6.20. The lowest BCUT2D eigenvalue weighted by molar-refractivity contribution is -0.121. The van der Waals surface area contributed by atoms with Gasteiger partial charge in [-0.3, -0.25) is 9.48 Å². The number of carbonyl (C=O) groups is 1. The topological polar surface area (TPSA) is 77.4 Å². The molecule has 134 valence electrons. The number of nitrogens with one attached hydrogen (secondary N) is 2. The first-order chi connectivity index (χ1) is 12.1. The molecule has 0 bridgehead atoms. The molecule has 0 saturated carbocycles. The Morgan fingerprint density at radius 1 is 1.28 bits per heavy atom. The molecule has 0 aliphatic carbocycles. The zero-order valence-corrected chi connectivity index (χ0v) is 14.6. The molecule has 2 heterocycles. The van der Waals surface area contributed by atoms with E-state index in [1.165, 1.54) is 0 Å². The van der Waals surface area contributed by atoms with E-state index in [4.69, 9.17) is 9.47 Å². The van der Waals surface area contributed by atoms with Crippen molar-refractivity contribution in [3.63, 3.8) is 0 Å². The van der Waals surface area contributed by atoms with E-state index in [2.05, 4.69) is 15.7 Å². The quantitative estimate of drug-likeness (QED) is 0.796. The van der Waals surface area contributed by atoms with Gasteiger partial charge in [0.2, 0.25) is 5.91 Å². The average molecular weight is 344 g/mol. The molecule has 7 nitrogen and oxygen atoms in total. The molecule has 0 saturated heterocycles. The summed E-state index contributed by atoms with van der Waals surface area (Å²) in [5, 5.41) is 10.4. The van der Waals surface area contributed by atoms with E-state index in [-0.39, 0.29) is 24.5 Å². The summed E-state index contributed by atoms with van der Waals surface area (Å²) in [6, 6.07) is 7.69. The molecule has 0 spiro atoms. The Morgan fingerprint density at radius 2 is 2.08 bits per heavy atom. The fraction of sp³-hybridized carbons (Fsp3) is 0.444. The molecule has 25 heavy (non-hydrogen) atoms. The van der Waals surface area contributed by atoms with Gasteiger partial charge in [0, 0.05) is 18.4 Å². The number of hydrogen-bond donors (Lipinski definition) is 2. The number of benzene rings is 1. The minimum atomic E-state index is -0.105. The Labute approximate surface area is 147 Å². The Bertz CT molecular complexity index is 702. The molecule has 0 fully saturated rings. The van der Waals surface area contributed by atoms with Crippen LogP contribution in [-0.4, -0.2) is 41.5 Å². The fourth-order valence-corrected chi connectivity index (χ4v) is 2.73. The van der Waals surface area contributed by atoms with E-state index in [0.717, 1.165) is 23.6 Å². The smallest absolute Gasteiger partial charge is 0.234 e. The summed E-state index contributed by atoms with van der Waals surface area (Å²) >= 11 is 0. The second-order valence-corrected chi connectivity index (χ2v) is 6.20. The zero-order chi connectivity index (χ0) is 17.6. The Balaban J connectivity index is 1.47. The predicted molar refractivity (Wildman–Crippen MR) is 93.7 cm³/mol. The first kappa shape index (κ1) is 17.3. The number of aromatic nitrogens is 2. The number of fused-ring (bicyclic) bond motifs is 1. The summed E-state index contributed by atoms with van der Waals surface area (Å²) < 4.78 is 12.9. The van der Waals surface area contributed by atoms with Gasteiger partial charge in [-0.25, -0.2) is 0 Å². The van der Waals surface area contributed by atoms with Crippen molar-refractivity contribution < 1.29 is 14.3 Å². The molecule has 3 rings (SSSR count). The Hall–Kier alpha value is -2.54. The Kier molecular flexibility index (Phi) is 5.55. The lowest BCUT2D eigenvalue weighted by Gasteiger charge is -2.21. The molecule has 1 amide bonds. The summed E-state index contributed by atoms with van der Waals surface area (Å²) in [6.45, 7) is 6.08. The van der Waals surface area contributed by atoms with Crippen molar-refractivity contribution >= 4 is 5.91 Å². The van der Waals surface area contributed by atoms with Gasteiger partial charge in [-0.15, -0.1) is 0 Å². The number of ether oxygens (including phenoxy) is 2. The zero-order valence-electron chi connectivity index (χ0n) is 14.6. The molecule has 2 N–H and O–H groups in total. The van der Waals surface area contributed by atoms with Gasteiger partial charge in [0.1, 0.15) is 13.2 Å². The highest BCUT2D eigenvalue weighted by atomic mass is 16.6. The number of rotatable bonds is 7. The van der Waals surface area contributed by atoms with Crippen LogP contribution in [0, 0.1) is 0 Å². The normalized spacial score (nSPS) is 15.4. The van der Waals surface area contributed by atoms with E-state index >= 15 is 0 Å². The van der Waals surface area contributed by atoms with Gasteiger partial charge >= 0.3 is 0 Å². The number of carbonyl (C=O) groups excluding carboxylic acids is 1. The third-order valence-electron chi connectivity index (χ3n) is 4.07. The summed E-state index contributed by atoms with van der Waals surface area (Å²) in [5.41, 5.74) is 0.988. The van der Waals surface area contributed by atoms with Crippen molar-refractivity contribution in [2.75, 3.05) is 19.8 Å². The van der Waals surface area contributed by atoms with Crippen LogP contribution in [0.1, 0.15) is 25.5 Å². The molecule has 7 heteroatoms. The molecule has 2 unspecified atom stereocenters. The summed E-state index contributed by atoms with van der Waals surface area (Å²) in [5.74, 6) is 1.44. The van der Waals surface area contributed by atoms with Gasteiger partial charge in [-0.1, -0.05) is 6.07 Å². The maximum atomic E-state index is 12.2. The van der Waals surface area contributed by atoms with Crippen molar-refractivity contribution in [2.45, 2.75) is 32.5 Å². The second kappa shape index (κ2) is 8.02. The van der Waals surface area contributed by atoms with E-state index < -0.39 is 0 Å². The maximum Gasteiger partial charge on any atom is 0.234 e. The van der Waals surface area contributed by atoms with Crippen LogP contribution < -0.4 is 20.1 Å². The highest BCUT2D eigenvalue weighted by Crippen LogP contribution is 2.32. The molecule has 1 aliphatic rings. The van der Waals surface area contributed by atoms with Crippen LogP contribution in [0.25, 0.3) is 0 Å². The lowest BCUT2D eigenvalue weighted by atomic mass is 10.1. The molecular formula is C18H24N4O3. The minimum absolute atomic E-state index is 0.0466. The largest absolute Gasteiger partial charge is 0.486 e. The van der Waals surface area contributed by atoms with Crippen LogP contribution in [0.15, 0.2) is 36.7 Å². The molecule has 1 aliphatic heterocycles. The Morgan fingerprint density at radius 3 is 2.84 bits per heavy atom. The molecular weight excluding hydrogens is 320 g/mol. The van der Waals surface area contributed by atoms with E-state index in [1.807, 2.05) is 49.0 Å². The van der Waals surface area contributed by atoms with Crippen molar-refractivity contribution in [1.29, 1.82) is 0 Å². The van der Waals surface area contributed by atoms with Crippen LogP contribution in [-0.2, 0) is 11.3 Å². The van der Waals surface area contributed by atoms with Gasteiger partial charge in [-0.2, -0.15) is 5.10 Å². The summed E-state index contributed by atoms with van der Waals surface area (Å²) in [4.78, 5) is 12.2. The summed E-state index contributed by atoms with van der Waals surface area (Å²) in [7, 11) is 0. The van der Waals surface area contributed by atoms with Crippen molar-refractivity contribution in [1.82, 2.24) is 20.4 Å². The summed E-state index contributed by atoms with van der Waals surface area (Å²) in [6.07, 6.45) is 3.65. The van der Waals surface area contributed by atoms with E-state index in [9.17, 15) is 4.79 Å². The molecule has 2 atom stereocenters. The van der Waals surface area contributed by atoms with Crippen molar-refractivity contribution in [2.24, 2.45) is 0 Å². The SMILES string of the molecule is CC(Cn1cccn1)NCC(=O)NC(C)c1ccc2c(c1)OCCO2. The van der Waals surface area contributed by atoms with Crippen molar-refractivity contribution in [3.05, 3.63) is 42.2 Å². The van der Waals surface area contributed by atoms with Crippen LogP contribution in [0.4, 0.5) is 0 Å². The molecule has 0 radical (unpaired) electrons. The van der Waals surface area contributed by atoms with Gasteiger partial charge in [0.05, 0.1) is 19.1 Å². The first-order valence-electron chi connectivity index (χ1n) is 8.51. The molecule has 1 aromatic heterocycles. The van der Waals surface area contributed by atoms with E-state index in [0.29, 0.717) is 13.2 Å². The van der Waals surface area contributed by atoms with Crippen molar-refractivity contribution in [3.8, 4) is 11.5 Å². The highest BCUT2D eigenvalue weighted by molar-refractivity contribution is 5.78. The molecule has 2 aromatic rings. The number of hydrogen-bond acceptors (Lipinski definition) is 5. The number of amides is 1. The average Bonchev–Trinajstić information content (AvgIpc) is 3.12. The van der Waals surface area contributed by atoms with Gasteiger partial charge in [0.25, 0.3) is 0 Å². The van der Waals surface area contributed by atoms with Gasteiger partial charge in [-0.05, 0) is 37.6 Å². The third-order valence-corrected chi connectivity index (χ3v) is 4.07. The third kappa shape index (κ3) is 4.73. The number of nitrogens with zero attached hydrogens (tertiary/aromatic N) is 2. The van der Waals surface area contributed by atoms with E-state index in [1.54, 1.807) is 6.20 Å². The fourth-order valence-electron chi connectivity index (χ4n) is 2.73. The van der Waals surface area contributed by atoms with Crippen LogP contribution in [0.3, 0.4) is 0 Å². The lowest BCUT2D eigenvalue weighted by Crippen LogP contribution is -2.40. The first-order valence-corrected chi connectivity index (χ1v) is 8.51. The maximum absolute atomic E-state index is 12.2. The highest BCUT2D eigenvalue weighted by Gasteiger charge is 2.16.